The SMILES string of the molecule is c1ccc(Oc2ccc(OCc3ccc4c(c3)OCO4)cc2)cc1. The van der Waals surface area contributed by atoms with Crippen LogP contribution in [0, 0.1) is 0 Å². The van der Waals surface area contributed by atoms with Crippen LogP contribution in [0.4, 0.5) is 0 Å². The van der Waals surface area contributed by atoms with Gasteiger partial charge in [-0.2, -0.15) is 0 Å². The predicted molar refractivity (Wildman–Crippen MR) is 89.9 cm³/mol. The quantitative estimate of drug-likeness (QED) is 0.677. The zero-order valence-electron chi connectivity index (χ0n) is 13.0. The minimum atomic E-state index is 0.280. The van der Waals surface area contributed by atoms with Gasteiger partial charge in [0.1, 0.15) is 23.9 Å². The number of hydrogen-bond donors (Lipinski definition) is 0. The van der Waals surface area contributed by atoms with Gasteiger partial charge in [-0.1, -0.05) is 24.3 Å². The molecule has 1 heterocycles. The van der Waals surface area contributed by atoms with Crippen molar-refractivity contribution in [3.05, 3.63) is 78.4 Å². The fraction of sp³-hybridized carbons (Fsp3) is 0.100. The molecule has 4 nitrogen and oxygen atoms in total. The van der Waals surface area contributed by atoms with E-state index in [0.717, 1.165) is 34.3 Å². The molecule has 4 heteroatoms. The van der Waals surface area contributed by atoms with Gasteiger partial charge in [-0.15, -0.1) is 0 Å². The van der Waals surface area contributed by atoms with Crippen LogP contribution in [-0.2, 0) is 6.61 Å². The van der Waals surface area contributed by atoms with E-state index >= 15 is 0 Å². The summed E-state index contributed by atoms with van der Waals surface area (Å²) in [4.78, 5) is 0. The second kappa shape index (κ2) is 6.54. The highest BCUT2D eigenvalue weighted by molar-refractivity contribution is 5.44. The zero-order chi connectivity index (χ0) is 16.2. The van der Waals surface area contributed by atoms with Gasteiger partial charge >= 0.3 is 0 Å². The van der Waals surface area contributed by atoms with E-state index in [4.69, 9.17) is 18.9 Å². The molecule has 3 aromatic carbocycles. The molecule has 0 saturated carbocycles. The minimum absolute atomic E-state index is 0.280. The van der Waals surface area contributed by atoms with Crippen LogP contribution >= 0.6 is 0 Å². The highest BCUT2D eigenvalue weighted by atomic mass is 16.7. The summed E-state index contributed by atoms with van der Waals surface area (Å²) in [6.07, 6.45) is 0. The molecule has 4 rings (SSSR count). The number of fused-ring (bicyclic) bond motifs is 1. The lowest BCUT2D eigenvalue weighted by molar-refractivity contribution is 0.174. The molecule has 24 heavy (non-hydrogen) atoms. The smallest absolute Gasteiger partial charge is 0.231 e. The van der Waals surface area contributed by atoms with Crippen molar-refractivity contribution in [2.75, 3.05) is 6.79 Å². The summed E-state index contributed by atoms with van der Waals surface area (Å²) in [7, 11) is 0. The third kappa shape index (κ3) is 3.27. The van der Waals surface area contributed by atoms with Crippen LogP contribution in [0.3, 0.4) is 0 Å². The summed E-state index contributed by atoms with van der Waals surface area (Å²) < 4.78 is 22.2. The van der Waals surface area contributed by atoms with Crippen molar-refractivity contribution in [3.8, 4) is 28.7 Å². The molecule has 0 saturated heterocycles. The molecule has 0 atom stereocenters. The molecule has 0 fully saturated rings. The van der Waals surface area contributed by atoms with Crippen molar-refractivity contribution in [2.24, 2.45) is 0 Å². The van der Waals surface area contributed by atoms with Crippen molar-refractivity contribution in [1.82, 2.24) is 0 Å². The number of hydrogen-bond acceptors (Lipinski definition) is 4. The Hall–Kier alpha value is -3.14. The van der Waals surface area contributed by atoms with Gasteiger partial charge < -0.3 is 18.9 Å². The molecule has 0 bridgehead atoms. The number of ether oxygens (including phenoxy) is 4. The molecule has 0 amide bonds. The van der Waals surface area contributed by atoms with E-state index in [9.17, 15) is 0 Å². The normalized spacial score (nSPS) is 12.0. The molecule has 0 unspecified atom stereocenters. The van der Waals surface area contributed by atoms with Crippen LogP contribution in [0.15, 0.2) is 72.8 Å². The Labute approximate surface area is 140 Å². The molecule has 120 valence electrons. The molecule has 1 aliphatic rings. The fourth-order valence-electron chi connectivity index (χ4n) is 2.43. The first kappa shape index (κ1) is 14.5. The lowest BCUT2D eigenvalue weighted by Gasteiger charge is -2.09. The highest BCUT2D eigenvalue weighted by Crippen LogP contribution is 2.33. The topological polar surface area (TPSA) is 36.9 Å². The monoisotopic (exact) mass is 320 g/mol. The van der Waals surface area contributed by atoms with Crippen molar-refractivity contribution in [2.45, 2.75) is 6.61 Å². The van der Waals surface area contributed by atoms with Gasteiger partial charge in [-0.3, -0.25) is 0 Å². The van der Waals surface area contributed by atoms with Crippen LogP contribution in [0.25, 0.3) is 0 Å². The van der Waals surface area contributed by atoms with Crippen molar-refractivity contribution in [1.29, 1.82) is 0 Å². The molecule has 0 aromatic heterocycles. The van der Waals surface area contributed by atoms with Gasteiger partial charge in [-0.05, 0) is 54.1 Å². The second-order valence-corrected chi connectivity index (χ2v) is 5.36. The molecule has 3 aromatic rings. The van der Waals surface area contributed by atoms with E-state index in [0.29, 0.717) is 6.61 Å². The van der Waals surface area contributed by atoms with Gasteiger partial charge in [0.05, 0.1) is 0 Å². The van der Waals surface area contributed by atoms with E-state index < -0.39 is 0 Å². The zero-order valence-corrected chi connectivity index (χ0v) is 13.0. The lowest BCUT2D eigenvalue weighted by Crippen LogP contribution is -1.95. The summed E-state index contributed by atoms with van der Waals surface area (Å²) in [5.41, 5.74) is 1.03. The molecule has 0 radical (unpaired) electrons. The summed E-state index contributed by atoms with van der Waals surface area (Å²) in [5, 5.41) is 0. The van der Waals surface area contributed by atoms with E-state index in [1.807, 2.05) is 72.8 Å². The number of rotatable bonds is 5. The van der Waals surface area contributed by atoms with Crippen LogP contribution in [-0.4, -0.2) is 6.79 Å². The average Bonchev–Trinajstić information content (AvgIpc) is 3.10. The lowest BCUT2D eigenvalue weighted by atomic mass is 10.2. The van der Waals surface area contributed by atoms with Crippen LogP contribution in [0.1, 0.15) is 5.56 Å². The largest absolute Gasteiger partial charge is 0.489 e. The molecule has 0 N–H and O–H groups in total. The first-order chi connectivity index (χ1) is 11.9. The number of benzene rings is 3. The standard InChI is InChI=1S/C20H16O4/c1-2-4-17(5-3-1)24-18-9-7-16(8-10-18)21-13-15-6-11-19-20(12-15)23-14-22-19/h1-12H,13-14H2. The molecule has 0 spiro atoms. The Bertz CT molecular complexity index is 813. The van der Waals surface area contributed by atoms with Gasteiger partial charge in [0.15, 0.2) is 11.5 Å². The Balaban J connectivity index is 1.37. The van der Waals surface area contributed by atoms with Gasteiger partial charge in [0.25, 0.3) is 0 Å². The van der Waals surface area contributed by atoms with Gasteiger partial charge in [-0.25, -0.2) is 0 Å². The minimum Gasteiger partial charge on any atom is -0.489 e. The summed E-state index contributed by atoms with van der Waals surface area (Å²) in [6.45, 7) is 0.748. The van der Waals surface area contributed by atoms with E-state index in [1.54, 1.807) is 0 Å². The van der Waals surface area contributed by atoms with Crippen molar-refractivity contribution < 1.29 is 18.9 Å². The Morgan fingerprint density at radius 1 is 0.708 bits per heavy atom. The van der Waals surface area contributed by atoms with Crippen LogP contribution in [0.5, 0.6) is 28.7 Å². The molecule has 0 aliphatic carbocycles. The van der Waals surface area contributed by atoms with Gasteiger partial charge in [0.2, 0.25) is 6.79 Å². The Morgan fingerprint density at radius 2 is 1.42 bits per heavy atom. The predicted octanol–water partition coefficient (Wildman–Crippen LogP) is 4.79. The summed E-state index contributed by atoms with van der Waals surface area (Å²) in [5.74, 6) is 3.92. The van der Waals surface area contributed by atoms with E-state index in [2.05, 4.69) is 0 Å². The van der Waals surface area contributed by atoms with Gasteiger partial charge in [0, 0.05) is 0 Å². The summed E-state index contributed by atoms with van der Waals surface area (Å²) >= 11 is 0. The average molecular weight is 320 g/mol. The Morgan fingerprint density at radius 3 is 2.25 bits per heavy atom. The first-order valence-electron chi connectivity index (χ1n) is 7.71. The van der Waals surface area contributed by atoms with E-state index in [1.165, 1.54) is 0 Å². The van der Waals surface area contributed by atoms with Crippen LogP contribution < -0.4 is 18.9 Å². The molecular weight excluding hydrogens is 304 g/mol. The Kier molecular flexibility index (Phi) is 3.94. The van der Waals surface area contributed by atoms with Crippen molar-refractivity contribution >= 4 is 0 Å². The third-order valence-corrected chi connectivity index (χ3v) is 3.65. The third-order valence-electron chi connectivity index (χ3n) is 3.65. The first-order valence-corrected chi connectivity index (χ1v) is 7.71. The van der Waals surface area contributed by atoms with Crippen molar-refractivity contribution in [3.63, 3.8) is 0 Å². The summed E-state index contributed by atoms with van der Waals surface area (Å²) in [6, 6.07) is 23.1. The maximum atomic E-state index is 5.81. The molecular formula is C20H16O4. The van der Waals surface area contributed by atoms with Crippen LogP contribution in [0.2, 0.25) is 0 Å². The molecule has 1 aliphatic heterocycles. The fourth-order valence-corrected chi connectivity index (χ4v) is 2.43. The second-order valence-electron chi connectivity index (χ2n) is 5.36. The van der Waals surface area contributed by atoms with E-state index in [-0.39, 0.29) is 6.79 Å². The maximum absolute atomic E-state index is 5.81. The highest BCUT2D eigenvalue weighted by Gasteiger charge is 2.13. The number of para-hydroxylation sites is 1. The maximum Gasteiger partial charge on any atom is 0.231 e.